The Bertz CT molecular complexity index is 1710. The van der Waals surface area contributed by atoms with Crippen LogP contribution in [0.4, 0.5) is 14.6 Å². The zero-order chi connectivity index (χ0) is 29.4. The number of rotatable bonds is 7. The Morgan fingerprint density at radius 3 is 2.86 bits per heavy atom. The molecule has 0 radical (unpaired) electrons. The number of anilines is 1. The maximum absolute atomic E-state index is 16.4. The zero-order valence-corrected chi connectivity index (χ0v) is 23.9. The maximum Gasteiger partial charge on any atom is 0.319 e. The van der Waals surface area contributed by atoms with Crippen molar-refractivity contribution in [1.82, 2.24) is 24.8 Å². The summed E-state index contributed by atoms with van der Waals surface area (Å²) in [7, 11) is 1.84. The van der Waals surface area contributed by atoms with Crippen molar-refractivity contribution in [1.29, 1.82) is 0 Å². The van der Waals surface area contributed by atoms with E-state index in [1.165, 1.54) is 6.08 Å². The van der Waals surface area contributed by atoms with Gasteiger partial charge < -0.3 is 19.4 Å². The van der Waals surface area contributed by atoms with E-state index >= 15 is 4.39 Å². The van der Waals surface area contributed by atoms with Gasteiger partial charge >= 0.3 is 6.01 Å². The molecule has 216 valence electrons. The maximum atomic E-state index is 16.4. The lowest BCUT2D eigenvalue weighted by molar-refractivity contribution is -0.128. The molecule has 12 heteroatoms. The van der Waals surface area contributed by atoms with Crippen LogP contribution in [0.2, 0.25) is 0 Å². The van der Waals surface area contributed by atoms with Crippen LogP contribution < -0.4 is 9.64 Å². The van der Waals surface area contributed by atoms with Gasteiger partial charge in [0, 0.05) is 54.1 Å². The molecule has 0 unspecified atom stereocenters. The molecule has 6 rings (SSSR count). The van der Waals surface area contributed by atoms with Gasteiger partial charge in [0.2, 0.25) is 12.5 Å². The van der Waals surface area contributed by atoms with Crippen molar-refractivity contribution in [2.24, 2.45) is 0 Å². The first kappa shape index (κ1) is 27.9. The number of halogens is 2. The van der Waals surface area contributed by atoms with Gasteiger partial charge in [0.25, 0.3) is 0 Å². The summed E-state index contributed by atoms with van der Waals surface area (Å²) in [6, 6.07) is 7.04. The number of pyridine rings is 1. The number of benzene rings is 1. The van der Waals surface area contributed by atoms with E-state index in [4.69, 9.17) is 11.3 Å². The largest absolute Gasteiger partial charge is 0.462 e. The lowest BCUT2D eigenvalue weighted by Crippen LogP contribution is -2.56. The molecule has 0 saturated carbocycles. The molecular formula is C30H29F2N7O2S. The number of amides is 1. The molecule has 1 aromatic carbocycles. The number of hydrogen-bond donors (Lipinski definition) is 0. The van der Waals surface area contributed by atoms with Crippen LogP contribution in [0, 0.1) is 12.4 Å². The highest BCUT2D eigenvalue weighted by Gasteiger charge is 2.34. The van der Waals surface area contributed by atoms with Gasteiger partial charge in [-0.15, -0.1) is 11.3 Å². The van der Waals surface area contributed by atoms with Crippen molar-refractivity contribution in [3.63, 3.8) is 0 Å². The second kappa shape index (κ2) is 11.6. The second-order valence-electron chi connectivity index (χ2n) is 10.6. The number of likely N-dealkylation sites (N-methyl/N-ethyl adjacent to an activating group) is 1. The molecule has 5 heterocycles. The third kappa shape index (κ3) is 5.14. The van der Waals surface area contributed by atoms with Crippen LogP contribution in [0.15, 0.2) is 48.5 Å². The lowest BCUT2D eigenvalue weighted by Gasteiger charge is -2.39. The number of carbonyl (C=O) groups is 1. The van der Waals surface area contributed by atoms with E-state index < -0.39 is 18.0 Å². The van der Waals surface area contributed by atoms with E-state index in [2.05, 4.69) is 26.4 Å². The molecule has 2 saturated heterocycles. The van der Waals surface area contributed by atoms with Crippen molar-refractivity contribution < 1.29 is 18.3 Å². The number of alkyl halides is 1. The minimum atomic E-state index is -0.934. The number of hydrogen-bond acceptors (Lipinski definition) is 8. The summed E-state index contributed by atoms with van der Waals surface area (Å²) in [5.41, 5.74) is 0.887. The normalized spacial score (nSPS) is 21.1. The van der Waals surface area contributed by atoms with Gasteiger partial charge in [0.15, 0.2) is 5.82 Å². The second-order valence-corrected chi connectivity index (χ2v) is 11.5. The SMILES string of the molecule is [C-]#[N+]C[C@H]1CN(c2nc(OC[C@@H]3C[C@@H](F)CN3C)nc3c(F)c(-c4cccc5sccc45)ncc23)CCN1C(=O)C=C. The first-order chi connectivity index (χ1) is 20.4. The number of ether oxygens (including phenoxy) is 1. The smallest absolute Gasteiger partial charge is 0.319 e. The first-order valence-corrected chi connectivity index (χ1v) is 14.6. The molecule has 3 aromatic heterocycles. The van der Waals surface area contributed by atoms with Crippen molar-refractivity contribution in [2.45, 2.75) is 24.7 Å². The van der Waals surface area contributed by atoms with Crippen LogP contribution in [0.25, 0.3) is 37.1 Å². The fourth-order valence-corrected chi connectivity index (χ4v) is 6.62. The molecule has 0 aliphatic carbocycles. The van der Waals surface area contributed by atoms with Gasteiger partial charge in [0.05, 0.1) is 5.39 Å². The predicted octanol–water partition coefficient (Wildman–Crippen LogP) is 4.59. The first-order valence-electron chi connectivity index (χ1n) is 13.7. The van der Waals surface area contributed by atoms with E-state index in [-0.39, 0.29) is 42.3 Å². The van der Waals surface area contributed by atoms with E-state index in [0.29, 0.717) is 49.4 Å². The number of likely N-dealkylation sites (tertiary alicyclic amines) is 1. The lowest BCUT2D eigenvalue weighted by atomic mass is 10.1. The summed E-state index contributed by atoms with van der Waals surface area (Å²) in [5.74, 6) is -0.433. The van der Waals surface area contributed by atoms with Gasteiger partial charge in [-0.25, -0.2) is 15.4 Å². The Hall–Kier alpha value is -4.21. The molecule has 9 nitrogen and oxygen atoms in total. The molecular weight excluding hydrogens is 560 g/mol. The van der Waals surface area contributed by atoms with Gasteiger partial charge in [-0.05, 0) is 37.1 Å². The molecule has 0 bridgehead atoms. The standard InChI is InChI=1S/C30H29F2N7O2S/c1-4-25(40)39-10-9-38(16-20(39)13-33-2)29-23-14-34-27(22-6-5-7-24-21(22)8-11-42-24)26(32)28(23)35-30(36-29)41-17-19-12-18(31)15-37(19)3/h4-8,11,14,18-20H,1,9-10,12-13,15-17H2,3H3/t18-,19+,20+/m1/s1. The number of fused-ring (bicyclic) bond motifs is 2. The molecule has 2 fully saturated rings. The monoisotopic (exact) mass is 589 g/mol. The molecule has 2 aliphatic heterocycles. The number of nitrogens with zero attached hydrogens (tertiary/aromatic N) is 7. The average Bonchev–Trinajstić information content (AvgIpc) is 3.61. The van der Waals surface area contributed by atoms with Crippen LogP contribution in [-0.2, 0) is 4.79 Å². The fraction of sp³-hybridized carbons (Fsp3) is 0.367. The van der Waals surface area contributed by atoms with Gasteiger partial charge in [-0.1, -0.05) is 18.7 Å². The van der Waals surface area contributed by atoms with Crippen LogP contribution in [0.5, 0.6) is 6.01 Å². The van der Waals surface area contributed by atoms with Gasteiger partial charge in [-0.2, -0.15) is 9.97 Å². The summed E-state index contributed by atoms with van der Waals surface area (Å²) in [6.07, 6.45) is 2.22. The molecule has 0 N–H and O–H groups in total. The topological polar surface area (TPSA) is 79.1 Å². The number of piperazine rings is 1. The van der Waals surface area contributed by atoms with Crippen LogP contribution in [0.3, 0.4) is 0 Å². The van der Waals surface area contributed by atoms with Crippen molar-refractivity contribution in [2.75, 3.05) is 51.3 Å². The van der Waals surface area contributed by atoms with Crippen LogP contribution in [-0.4, -0.2) is 95.3 Å². The Balaban J connectivity index is 1.43. The quantitative estimate of drug-likeness (QED) is 0.231. The van der Waals surface area contributed by atoms with E-state index in [1.807, 2.05) is 46.5 Å². The zero-order valence-electron chi connectivity index (χ0n) is 23.0. The number of thiophene rings is 1. The summed E-state index contributed by atoms with van der Waals surface area (Å²) < 4.78 is 37.4. The Morgan fingerprint density at radius 1 is 1.24 bits per heavy atom. The van der Waals surface area contributed by atoms with E-state index in [0.717, 1.165) is 10.1 Å². The Morgan fingerprint density at radius 2 is 2.10 bits per heavy atom. The minimum absolute atomic E-state index is 0.0238. The summed E-state index contributed by atoms with van der Waals surface area (Å²) in [4.78, 5) is 35.1. The average molecular weight is 590 g/mol. The summed E-state index contributed by atoms with van der Waals surface area (Å²) in [6.45, 7) is 12.6. The van der Waals surface area contributed by atoms with Crippen molar-refractivity contribution >= 4 is 44.1 Å². The van der Waals surface area contributed by atoms with Crippen LogP contribution >= 0.6 is 11.3 Å². The number of carbonyl (C=O) groups excluding carboxylic acids is 1. The molecule has 2 aliphatic rings. The molecule has 1 amide bonds. The predicted molar refractivity (Wildman–Crippen MR) is 159 cm³/mol. The molecule has 3 atom stereocenters. The minimum Gasteiger partial charge on any atom is -0.462 e. The van der Waals surface area contributed by atoms with Gasteiger partial charge in [-0.3, -0.25) is 14.7 Å². The molecule has 4 aromatic rings. The summed E-state index contributed by atoms with van der Waals surface area (Å²) in [5, 5.41) is 3.25. The van der Waals surface area contributed by atoms with Crippen LogP contribution in [0.1, 0.15) is 6.42 Å². The molecule has 42 heavy (non-hydrogen) atoms. The van der Waals surface area contributed by atoms with E-state index in [1.54, 1.807) is 22.4 Å². The third-order valence-corrected chi connectivity index (χ3v) is 8.86. The highest BCUT2D eigenvalue weighted by atomic mass is 32.1. The highest BCUT2D eigenvalue weighted by molar-refractivity contribution is 7.17. The summed E-state index contributed by atoms with van der Waals surface area (Å²) >= 11 is 1.57. The third-order valence-electron chi connectivity index (χ3n) is 7.98. The van der Waals surface area contributed by atoms with E-state index in [9.17, 15) is 9.18 Å². The number of aromatic nitrogens is 3. The van der Waals surface area contributed by atoms with Gasteiger partial charge in [0.1, 0.15) is 35.8 Å². The fourth-order valence-electron chi connectivity index (χ4n) is 5.81. The van der Waals surface area contributed by atoms with Crippen molar-refractivity contribution in [3.8, 4) is 17.3 Å². The Labute approximate surface area is 245 Å². The van der Waals surface area contributed by atoms with Crippen molar-refractivity contribution in [3.05, 3.63) is 65.7 Å². The highest BCUT2D eigenvalue weighted by Crippen LogP contribution is 2.36. The molecule has 0 spiro atoms. The Kier molecular flexibility index (Phi) is 7.70.